The van der Waals surface area contributed by atoms with Crippen LogP contribution >= 0.6 is 0 Å². The van der Waals surface area contributed by atoms with Crippen LogP contribution in [0.3, 0.4) is 0 Å². The summed E-state index contributed by atoms with van der Waals surface area (Å²) in [7, 11) is 0. The molecule has 0 aliphatic carbocycles. The van der Waals surface area contributed by atoms with Gasteiger partial charge in [-0.1, -0.05) is 47.0 Å². The molecule has 0 atom stereocenters. The number of rotatable bonds is 13. The van der Waals surface area contributed by atoms with Crippen molar-refractivity contribution in [2.45, 2.75) is 72.6 Å². The van der Waals surface area contributed by atoms with Gasteiger partial charge in [-0.15, -0.1) is 0 Å². The Morgan fingerprint density at radius 1 is 0.600 bits per heavy atom. The lowest BCUT2D eigenvalue weighted by molar-refractivity contribution is 0.225. The summed E-state index contributed by atoms with van der Waals surface area (Å²) in [5, 5.41) is 20.8. The first kappa shape index (κ1) is 21.3. The molecule has 144 valence electrons. The molecule has 2 N–H and O–H groups in total. The molecule has 0 saturated carbocycles. The number of hydrogen-bond acceptors (Lipinski definition) is 5. The number of aromatic hydroxyl groups is 2. The van der Waals surface area contributed by atoms with Crippen molar-refractivity contribution < 1.29 is 24.4 Å². The van der Waals surface area contributed by atoms with Crippen LogP contribution in [0.25, 0.3) is 0 Å². The SMILES string of the molecule is CCCCOc1c(O)c(O)c(CC)c(OCCCC)c1OCCCC. The van der Waals surface area contributed by atoms with E-state index in [2.05, 4.69) is 20.8 Å². The zero-order valence-corrected chi connectivity index (χ0v) is 16.2. The fourth-order valence-electron chi connectivity index (χ4n) is 2.41. The predicted molar refractivity (Wildman–Crippen MR) is 100 cm³/mol. The van der Waals surface area contributed by atoms with E-state index < -0.39 is 0 Å². The van der Waals surface area contributed by atoms with Crippen LogP contribution in [0.1, 0.15) is 71.8 Å². The Hall–Kier alpha value is -1.78. The van der Waals surface area contributed by atoms with E-state index in [0.717, 1.165) is 38.5 Å². The van der Waals surface area contributed by atoms with Crippen LogP contribution in [0.15, 0.2) is 0 Å². The van der Waals surface area contributed by atoms with Crippen LogP contribution < -0.4 is 14.2 Å². The first-order valence-electron chi connectivity index (χ1n) is 9.61. The maximum Gasteiger partial charge on any atom is 0.211 e. The summed E-state index contributed by atoms with van der Waals surface area (Å²) in [6.45, 7) is 9.66. The van der Waals surface area contributed by atoms with E-state index in [9.17, 15) is 10.2 Å². The maximum atomic E-state index is 10.4. The van der Waals surface area contributed by atoms with Crippen molar-refractivity contribution in [3.8, 4) is 28.7 Å². The summed E-state index contributed by atoms with van der Waals surface area (Å²) in [5.41, 5.74) is 0.558. The quantitative estimate of drug-likeness (QED) is 0.376. The van der Waals surface area contributed by atoms with Crippen LogP contribution in [-0.4, -0.2) is 30.0 Å². The van der Waals surface area contributed by atoms with E-state index in [1.807, 2.05) is 6.92 Å². The van der Waals surface area contributed by atoms with Gasteiger partial charge in [0.1, 0.15) is 0 Å². The monoisotopic (exact) mass is 354 g/mol. The average molecular weight is 354 g/mol. The summed E-state index contributed by atoms with van der Waals surface area (Å²) in [5.74, 6) is 0.651. The van der Waals surface area contributed by atoms with Crippen molar-refractivity contribution >= 4 is 0 Å². The maximum absolute atomic E-state index is 10.4. The summed E-state index contributed by atoms with van der Waals surface area (Å²) in [6, 6.07) is 0. The highest BCUT2D eigenvalue weighted by atomic mass is 16.5. The highest BCUT2D eigenvalue weighted by Crippen LogP contribution is 2.53. The van der Waals surface area contributed by atoms with Crippen LogP contribution in [0.5, 0.6) is 28.7 Å². The molecule has 1 aromatic carbocycles. The van der Waals surface area contributed by atoms with E-state index in [-0.39, 0.29) is 17.2 Å². The van der Waals surface area contributed by atoms with Crippen LogP contribution in [0.4, 0.5) is 0 Å². The fourth-order valence-corrected chi connectivity index (χ4v) is 2.41. The van der Waals surface area contributed by atoms with Crippen molar-refractivity contribution in [2.75, 3.05) is 19.8 Å². The van der Waals surface area contributed by atoms with Gasteiger partial charge < -0.3 is 24.4 Å². The first-order chi connectivity index (χ1) is 12.1. The normalized spacial score (nSPS) is 10.7. The fraction of sp³-hybridized carbons (Fsp3) is 0.700. The van der Waals surface area contributed by atoms with Crippen molar-refractivity contribution in [3.63, 3.8) is 0 Å². The van der Waals surface area contributed by atoms with Gasteiger partial charge >= 0.3 is 0 Å². The minimum Gasteiger partial charge on any atom is -0.504 e. The Balaban J connectivity index is 3.28. The molecule has 0 aliphatic heterocycles. The van der Waals surface area contributed by atoms with E-state index in [1.165, 1.54) is 0 Å². The lowest BCUT2D eigenvalue weighted by Crippen LogP contribution is -2.08. The smallest absolute Gasteiger partial charge is 0.211 e. The molecule has 0 saturated heterocycles. The van der Waals surface area contributed by atoms with Crippen LogP contribution in [0, 0.1) is 0 Å². The van der Waals surface area contributed by atoms with Crippen molar-refractivity contribution in [2.24, 2.45) is 0 Å². The minimum atomic E-state index is -0.262. The number of phenols is 2. The Labute approximate surface area is 151 Å². The molecule has 0 radical (unpaired) electrons. The molecule has 0 aliphatic rings. The molecule has 0 fully saturated rings. The molecule has 0 unspecified atom stereocenters. The van der Waals surface area contributed by atoms with Gasteiger partial charge in [0.15, 0.2) is 11.5 Å². The van der Waals surface area contributed by atoms with E-state index in [0.29, 0.717) is 43.3 Å². The molecule has 0 bridgehead atoms. The lowest BCUT2D eigenvalue weighted by Gasteiger charge is -2.21. The second kappa shape index (κ2) is 11.7. The molecule has 0 aromatic heterocycles. The van der Waals surface area contributed by atoms with Crippen LogP contribution in [0.2, 0.25) is 0 Å². The van der Waals surface area contributed by atoms with Gasteiger partial charge in [0.25, 0.3) is 0 Å². The molecule has 5 heteroatoms. The average Bonchev–Trinajstić information content (AvgIpc) is 2.61. The molecule has 5 nitrogen and oxygen atoms in total. The second-order valence-corrected chi connectivity index (χ2v) is 6.12. The van der Waals surface area contributed by atoms with Gasteiger partial charge in [-0.3, -0.25) is 0 Å². The third-order valence-corrected chi connectivity index (χ3v) is 4.00. The third-order valence-electron chi connectivity index (χ3n) is 4.00. The molecule has 0 heterocycles. The van der Waals surface area contributed by atoms with Gasteiger partial charge in [-0.2, -0.15) is 0 Å². The topological polar surface area (TPSA) is 68.2 Å². The predicted octanol–water partition coefficient (Wildman–Crippen LogP) is 5.20. The highest BCUT2D eigenvalue weighted by molar-refractivity contribution is 5.69. The molecular weight excluding hydrogens is 320 g/mol. The molecule has 0 amide bonds. The third kappa shape index (κ3) is 5.91. The Bertz CT molecular complexity index is 514. The van der Waals surface area contributed by atoms with Gasteiger partial charge in [-0.05, 0) is 25.7 Å². The number of hydrogen-bond donors (Lipinski definition) is 2. The standard InChI is InChI=1S/C20H34O5/c1-5-9-12-23-18-15(8-4)16(21)17(22)19(24-13-10-6-2)20(18)25-14-11-7-3/h21-22H,5-14H2,1-4H3. The van der Waals surface area contributed by atoms with E-state index in [1.54, 1.807) is 0 Å². The molecule has 1 aromatic rings. The Morgan fingerprint density at radius 2 is 1.04 bits per heavy atom. The lowest BCUT2D eigenvalue weighted by atomic mass is 10.1. The Morgan fingerprint density at radius 3 is 1.48 bits per heavy atom. The summed E-state index contributed by atoms with van der Waals surface area (Å²) in [4.78, 5) is 0. The summed E-state index contributed by atoms with van der Waals surface area (Å²) >= 11 is 0. The van der Waals surface area contributed by atoms with Gasteiger partial charge in [-0.25, -0.2) is 0 Å². The number of benzene rings is 1. The minimum absolute atomic E-state index is 0.177. The largest absolute Gasteiger partial charge is 0.504 e. The van der Waals surface area contributed by atoms with Gasteiger partial charge in [0, 0.05) is 5.56 Å². The number of phenolic OH excluding ortho intramolecular Hbond substituents is 2. The van der Waals surface area contributed by atoms with Gasteiger partial charge in [0.2, 0.25) is 17.2 Å². The molecular formula is C20H34O5. The number of unbranched alkanes of at least 4 members (excludes halogenated alkanes) is 3. The van der Waals surface area contributed by atoms with E-state index in [4.69, 9.17) is 14.2 Å². The van der Waals surface area contributed by atoms with Crippen molar-refractivity contribution in [3.05, 3.63) is 5.56 Å². The Kier molecular flexibility index (Phi) is 9.97. The second-order valence-electron chi connectivity index (χ2n) is 6.12. The molecule has 25 heavy (non-hydrogen) atoms. The summed E-state index contributed by atoms with van der Waals surface area (Å²) in [6.07, 6.45) is 6.18. The van der Waals surface area contributed by atoms with Crippen molar-refractivity contribution in [1.29, 1.82) is 0 Å². The van der Waals surface area contributed by atoms with E-state index >= 15 is 0 Å². The summed E-state index contributed by atoms with van der Waals surface area (Å²) < 4.78 is 17.6. The van der Waals surface area contributed by atoms with Crippen molar-refractivity contribution in [1.82, 2.24) is 0 Å². The highest BCUT2D eigenvalue weighted by Gasteiger charge is 2.26. The zero-order valence-electron chi connectivity index (χ0n) is 16.2. The molecule has 0 spiro atoms. The van der Waals surface area contributed by atoms with Gasteiger partial charge in [0.05, 0.1) is 19.8 Å². The van der Waals surface area contributed by atoms with Crippen LogP contribution in [-0.2, 0) is 6.42 Å². The first-order valence-corrected chi connectivity index (χ1v) is 9.61. The molecule has 1 rings (SSSR count). The number of ether oxygens (including phenoxy) is 3. The zero-order chi connectivity index (χ0) is 18.7.